The van der Waals surface area contributed by atoms with Crippen LogP contribution >= 0.6 is 11.3 Å². The molecule has 1 heterocycles. The van der Waals surface area contributed by atoms with Crippen molar-refractivity contribution in [2.24, 2.45) is 0 Å². The summed E-state index contributed by atoms with van der Waals surface area (Å²) in [6.45, 7) is 3.78. The number of carbonyl (C=O) groups is 1. The van der Waals surface area contributed by atoms with Crippen LogP contribution in [0.3, 0.4) is 0 Å². The molecule has 0 amide bonds. The number of anilines is 3. The molecule has 4 aromatic rings. The highest BCUT2D eigenvalue weighted by Gasteiger charge is 2.32. The number of sulfone groups is 1. The van der Waals surface area contributed by atoms with Crippen LogP contribution in [0.25, 0.3) is 0 Å². The monoisotopic (exact) mass is 522 g/mol. The van der Waals surface area contributed by atoms with Gasteiger partial charge < -0.3 is 20.5 Å². The molecule has 3 aromatic carbocycles. The van der Waals surface area contributed by atoms with E-state index in [9.17, 15) is 13.2 Å². The maximum atomic E-state index is 13.8. The molecule has 0 atom stereocenters. The minimum Gasteiger partial charge on any atom is -0.497 e. The number of thiophene rings is 1. The van der Waals surface area contributed by atoms with Crippen LogP contribution in [0.1, 0.15) is 26.4 Å². The van der Waals surface area contributed by atoms with Crippen molar-refractivity contribution in [3.8, 4) is 11.5 Å². The smallest absolute Gasteiger partial charge is 0.211 e. The summed E-state index contributed by atoms with van der Waals surface area (Å²) in [7, 11) is -1.08. The Hall–Kier alpha value is -3.82. The van der Waals surface area contributed by atoms with Gasteiger partial charge in [-0.3, -0.25) is 4.79 Å². The van der Waals surface area contributed by atoms with Crippen molar-refractivity contribution in [3.05, 3.63) is 88.3 Å². The van der Waals surface area contributed by atoms with Crippen LogP contribution in [-0.4, -0.2) is 28.4 Å². The Kier molecular flexibility index (Phi) is 7.05. The van der Waals surface area contributed by atoms with E-state index >= 15 is 0 Å². The van der Waals surface area contributed by atoms with Crippen LogP contribution in [0.5, 0.6) is 11.5 Å². The first kappa shape index (κ1) is 25.3. The predicted octanol–water partition coefficient (Wildman–Crippen LogP) is 5.77. The van der Waals surface area contributed by atoms with E-state index in [1.807, 2.05) is 26.0 Å². The Balaban J connectivity index is 1.90. The first-order chi connectivity index (χ1) is 17.2. The highest BCUT2D eigenvalue weighted by atomic mass is 32.2. The zero-order chi connectivity index (χ0) is 26.0. The first-order valence-electron chi connectivity index (χ1n) is 11.0. The summed E-state index contributed by atoms with van der Waals surface area (Å²) in [5, 5.41) is 3.36. The second-order valence-corrected chi connectivity index (χ2v) is 11.1. The SMILES string of the molecule is COc1ccc(S(=O)(=O)c2c(Nc3ccccc3OC)sc(C(=O)c3ccc(C)cc3C)c2N)cc1. The highest BCUT2D eigenvalue weighted by Crippen LogP contribution is 2.45. The van der Waals surface area contributed by atoms with Gasteiger partial charge in [-0.05, 0) is 55.8 Å². The van der Waals surface area contributed by atoms with Gasteiger partial charge in [-0.15, -0.1) is 11.3 Å². The second kappa shape index (κ2) is 10.0. The molecule has 0 spiro atoms. The van der Waals surface area contributed by atoms with E-state index < -0.39 is 9.84 Å². The lowest BCUT2D eigenvalue weighted by atomic mass is 10.0. The van der Waals surface area contributed by atoms with Crippen LogP contribution in [0, 0.1) is 13.8 Å². The standard InChI is InChI=1S/C27H26N2O5S2/c1-16-9-14-20(17(2)15-16)24(30)25-23(28)26(36(31,32)19-12-10-18(33-3)11-13-19)27(35-25)29-21-7-5-6-8-22(21)34-4/h5-15,29H,28H2,1-4H3. The van der Waals surface area contributed by atoms with E-state index in [2.05, 4.69) is 5.32 Å². The Labute approximate surface area is 214 Å². The lowest BCUT2D eigenvalue weighted by Gasteiger charge is -2.12. The third-order valence-corrected chi connectivity index (χ3v) is 8.83. The average Bonchev–Trinajstić information content (AvgIpc) is 3.20. The zero-order valence-corrected chi connectivity index (χ0v) is 21.9. The van der Waals surface area contributed by atoms with Crippen LogP contribution < -0.4 is 20.5 Å². The van der Waals surface area contributed by atoms with Crippen molar-refractivity contribution < 1.29 is 22.7 Å². The summed E-state index contributed by atoms with van der Waals surface area (Å²) in [6.07, 6.45) is 0. The van der Waals surface area contributed by atoms with Crippen molar-refractivity contribution in [1.29, 1.82) is 0 Å². The number of para-hydroxylation sites is 2. The number of nitrogen functional groups attached to an aromatic ring is 1. The molecule has 0 bridgehead atoms. The van der Waals surface area contributed by atoms with Gasteiger partial charge in [0.1, 0.15) is 26.3 Å². The van der Waals surface area contributed by atoms with Crippen molar-refractivity contribution in [1.82, 2.24) is 0 Å². The zero-order valence-electron chi connectivity index (χ0n) is 20.3. The first-order valence-corrected chi connectivity index (χ1v) is 13.3. The van der Waals surface area contributed by atoms with E-state index in [1.165, 1.54) is 26.4 Å². The molecule has 4 rings (SSSR count). The van der Waals surface area contributed by atoms with Gasteiger partial charge in [0.2, 0.25) is 15.6 Å². The Morgan fingerprint density at radius 1 is 0.944 bits per heavy atom. The molecule has 1 aromatic heterocycles. The summed E-state index contributed by atoms with van der Waals surface area (Å²) in [5.74, 6) is 0.694. The fourth-order valence-corrected chi connectivity index (χ4v) is 6.80. The normalized spacial score (nSPS) is 11.2. The van der Waals surface area contributed by atoms with Crippen LogP contribution in [0.4, 0.5) is 16.4 Å². The number of hydrogen-bond acceptors (Lipinski definition) is 8. The molecule has 0 aliphatic rings. The predicted molar refractivity (Wildman–Crippen MR) is 143 cm³/mol. The summed E-state index contributed by atoms with van der Waals surface area (Å²) in [4.78, 5) is 13.6. The number of carbonyl (C=O) groups excluding carboxylic acids is 1. The van der Waals surface area contributed by atoms with Gasteiger partial charge in [0.25, 0.3) is 0 Å². The lowest BCUT2D eigenvalue weighted by Crippen LogP contribution is -2.09. The number of nitrogens with two attached hydrogens (primary N) is 1. The molecule has 0 saturated heterocycles. The van der Waals surface area contributed by atoms with Crippen LogP contribution in [-0.2, 0) is 9.84 Å². The highest BCUT2D eigenvalue weighted by molar-refractivity contribution is 7.92. The van der Waals surface area contributed by atoms with Crippen LogP contribution in [0.15, 0.2) is 76.5 Å². The quantitative estimate of drug-likeness (QED) is 0.283. The van der Waals surface area contributed by atoms with E-state index in [0.29, 0.717) is 22.7 Å². The Bertz CT molecular complexity index is 1540. The molecule has 0 saturated carbocycles. The van der Waals surface area contributed by atoms with E-state index in [0.717, 1.165) is 22.5 Å². The molecule has 0 aliphatic heterocycles. The number of rotatable bonds is 8. The van der Waals surface area contributed by atoms with Gasteiger partial charge in [0.05, 0.1) is 30.5 Å². The number of methoxy groups -OCH3 is 2. The number of ketones is 1. The van der Waals surface area contributed by atoms with Crippen LogP contribution in [0.2, 0.25) is 0 Å². The van der Waals surface area contributed by atoms with Crippen molar-refractivity contribution in [3.63, 3.8) is 0 Å². The van der Waals surface area contributed by atoms with Crippen molar-refractivity contribution in [2.45, 2.75) is 23.6 Å². The van der Waals surface area contributed by atoms with E-state index in [4.69, 9.17) is 15.2 Å². The fraction of sp³-hybridized carbons (Fsp3) is 0.148. The van der Waals surface area contributed by atoms with E-state index in [1.54, 1.807) is 42.5 Å². The number of ether oxygens (including phenoxy) is 2. The van der Waals surface area contributed by atoms with Gasteiger partial charge in [0.15, 0.2) is 0 Å². The van der Waals surface area contributed by atoms with Gasteiger partial charge in [-0.1, -0.05) is 35.9 Å². The molecular weight excluding hydrogens is 496 g/mol. The summed E-state index contributed by atoms with van der Waals surface area (Å²) in [5.41, 5.74) is 9.15. The van der Waals surface area contributed by atoms with Gasteiger partial charge in [0, 0.05) is 5.56 Å². The number of nitrogens with one attached hydrogen (secondary N) is 1. The molecule has 36 heavy (non-hydrogen) atoms. The third kappa shape index (κ3) is 4.67. The van der Waals surface area contributed by atoms with Gasteiger partial charge in [-0.25, -0.2) is 8.42 Å². The van der Waals surface area contributed by atoms with E-state index in [-0.39, 0.29) is 31.1 Å². The minimum atomic E-state index is -4.10. The topological polar surface area (TPSA) is 108 Å². The van der Waals surface area contributed by atoms with Gasteiger partial charge >= 0.3 is 0 Å². The maximum Gasteiger partial charge on any atom is 0.211 e. The molecule has 0 fully saturated rings. The minimum absolute atomic E-state index is 0.0291. The molecule has 3 N–H and O–H groups in total. The molecule has 186 valence electrons. The largest absolute Gasteiger partial charge is 0.497 e. The molecule has 0 unspecified atom stereocenters. The van der Waals surface area contributed by atoms with Crippen molar-refractivity contribution in [2.75, 3.05) is 25.3 Å². The lowest BCUT2D eigenvalue weighted by molar-refractivity contribution is 0.104. The number of hydrogen-bond donors (Lipinski definition) is 2. The molecular formula is C27H26N2O5S2. The second-order valence-electron chi connectivity index (χ2n) is 8.15. The average molecular weight is 523 g/mol. The fourth-order valence-electron chi connectivity index (χ4n) is 3.88. The molecule has 9 heteroatoms. The molecule has 0 radical (unpaired) electrons. The van der Waals surface area contributed by atoms with Crippen molar-refractivity contribution >= 4 is 43.3 Å². The summed E-state index contributed by atoms with van der Waals surface area (Å²) < 4.78 is 38.2. The third-order valence-electron chi connectivity index (χ3n) is 5.73. The van der Waals surface area contributed by atoms with Gasteiger partial charge in [-0.2, -0.15) is 0 Å². The maximum absolute atomic E-state index is 13.8. The number of benzene rings is 3. The summed E-state index contributed by atoms with van der Waals surface area (Å²) >= 11 is 1.00. The molecule has 0 aliphatic carbocycles. The Morgan fingerprint density at radius 2 is 1.64 bits per heavy atom. The summed E-state index contributed by atoms with van der Waals surface area (Å²) in [6, 6.07) is 18.6. The molecule has 7 nitrogen and oxygen atoms in total. The number of aryl methyl sites for hydroxylation is 2. The Morgan fingerprint density at radius 3 is 2.28 bits per heavy atom.